The maximum absolute atomic E-state index is 5.89. The summed E-state index contributed by atoms with van der Waals surface area (Å²) in [5.41, 5.74) is 8.96. The van der Waals surface area contributed by atoms with Gasteiger partial charge in [-0.15, -0.1) is 0 Å². The van der Waals surface area contributed by atoms with Gasteiger partial charge < -0.3 is 14.9 Å². The molecule has 0 amide bonds. The van der Waals surface area contributed by atoms with Gasteiger partial charge in [0.1, 0.15) is 17.9 Å². The van der Waals surface area contributed by atoms with Gasteiger partial charge in [0.2, 0.25) is 0 Å². The highest BCUT2D eigenvalue weighted by Gasteiger charge is 2.40. The van der Waals surface area contributed by atoms with E-state index >= 15 is 0 Å². The molecule has 0 spiro atoms. The molecule has 1 aliphatic carbocycles. The van der Waals surface area contributed by atoms with Crippen molar-refractivity contribution >= 4 is 11.0 Å². The molecular formula is C16H19NO2. The number of hydrogen-bond donors (Lipinski definition) is 1. The lowest BCUT2D eigenvalue weighted by molar-refractivity contribution is 0.349. The van der Waals surface area contributed by atoms with E-state index in [4.69, 9.17) is 14.9 Å². The van der Waals surface area contributed by atoms with Crippen LogP contribution >= 0.6 is 0 Å². The first-order valence-corrected chi connectivity index (χ1v) is 6.68. The smallest absolute Gasteiger partial charge is 0.134 e. The van der Waals surface area contributed by atoms with E-state index in [1.54, 1.807) is 6.26 Å². The molecule has 100 valence electrons. The molecule has 2 aromatic rings. The molecule has 1 saturated carbocycles. The summed E-state index contributed by atoms with van der Waals surface area (Å²) in [6.07, 6.45) is 2.88. The Morgan fingerprint density at radius 3 is 3.00 bits per heavy atom. The van der Waals surface area contributed by atoms with Crippen LogP contribution in [0.15, 0.2) is 41.0 Å². The summed E-state index contributed by atoms with van der Waals surface area (Å²) in [6, 6.07) is 5.98. The van der Waals surface area contributed by atoms with E-state index in [9.17, 15) is 0 Å². The lowest BCUT2D eigenvalue weighted by Gasteiger charge is -2.12. The van der Waals surface area contributed by atoms with Gasteiger partial charge >= 0.3 is 0 Å². The van der Waals surface area contributed by atoms with Crippen LogP contribution in [-0.4, -0.2) is 13.2 Å². The van der Waals surface area contributed by atoms with Crippen molar-refractivity contribution in [2.75, 3.05) is 13.2 Å². The molecule has 1 aromatic carbocycles. The van der Waals surface area contributed by atoms with Gasteiger partial charge in [0.25, 0.3) is 0 Å². The normalized spacial score (nSPS) is 21.6. The molecular weight excluding hydrogens is 238 g/mol. The molecule has 3 nitrogen and oxygen atoms in total. The van der Waals surface area contributed by atoms with E-state index in [0.29, 0.717) is 18.4 Å². The van der Waals surface area contributed by atoms with E-state index in [0.717, 1.165) is 35.3 Å². The average molecular weight is 257 g/mol. The van der Waals surface area contributed by atoms with Gasteiger partial charge in [-0.1, -0.05) is 6.58 Å². The molecule has 0 unspecified atom stereocenters. The Bertz CT molecular complexity index is 614. The first kappa shape index (κ1) is 12.3. The molecule has 0 saturated heterocycles. The zero-order valence-electron chi connectivity index (χ0n) is 11.2. The Morgan fingerprint density at radius 1 is 1.47 bits per heavy atom. The lowest BCUT2D eigenvalue weighted by Crippen LogP contribution is -2.04. The third kappa shape index (κ3) is 2.26. The maximum atomic E-state index is 5.89. The Kier molecular flexibility index (Phi) is 3.07. The molecule has 3 heteroatoms. The highest BCUT2D eigenvalue weighted by Crippen LogP contribution is 2.52. The molecule has 1 heterocycles. The van der Waals surface area contributed by atoms with Crippen LogP contribution in [0.2, 0.25) is 0 Å². The standard InChI is InChI=1S/C16H19NO2/c1-10(2)9-19-15-4-3-14-12(5-6-18-14)16(15)13-7-11(13)8-17/h3-6,11,13H,1,7-9,17H2,2H3/t11-,13+/m1/s1. The van der Waals surface area contributed by atoms with E-state index in [-0.39, 0.29) is 0 Å². The van der Waals surface area contributed by atoms with Crippen molar-refractivity contribution in [3.05, 3.63) is 42.2 Å². The van der Waals surface area contributed by atoms with Crippen LogP contribution in [0.5, 0.6) is 5.75 Å². The second kappa shape index (κ2) is 4.74. The number of furan rings is 1. The summed E-state index contributed by atoms with van der Waals surface area (Å²) in [6.45, 7) is 7.14. The topological polar surface area (TPSA) is 48.4 Å². The fourth-order valence-corrected chi connectivity index (χ4v) is 2.62. The molecule has 1 fully saturated rings. The van der Waals surface area contributed by atoms with Crippen LogP contribution in [0, 0.1) is 5.92 Å². The monoisotopic (exact) mass is 257 g/mol. The van der Waals surface area contributed by atoms with Gasteiger partial charge in [0, 0.05) is 10.9 Å². The van der Waals surface area contributed by atoms with Crippen molar-refractivity contribution in [3.8, 4) is 5.75 Å². The molecule has 0 bridgehead atoms. The van der Waals surface area contributed by atoms with Crippen molar-refractivity contribution in [2.24, 2.45) is 11.7 Å². The van der Waals surface area contributed by atoms with Crippen LogP contribution in [-0.2, 0) is 0 Å². The van der Waals surface area contributed by atoms with Crippen LogP contribution in [0.4, 0.5) is 0 Å². The summed E-state index contributed by atoms with van der Waals surface area (Å²) >= 11 is 0. The third-order valence-electron chi connectivity index (χ3n) is 3.71. The second-order valence-corrected chi connectivity index (χ2v) is 5.39. The number of hydrogen-bond acceptors (Lipinski definition) is 3. The van der Waals surface area contributed by atoms with E-state index < -0.39 is 0 Å². The highest BCUT2D eigenvalue weighted by molar-refractivity contribution is 5.84. The van der Waals surface area contributed by atoms with Crippen LogP contribution in [0.1, 0.15) is 24.8 Å². The quantitative estimate of drug-likeness (QED) is 0.834. The van der Waals surface area contributed by atoms with Crippen molar-refractivity contribution in [3.63, 3.8) is 0 Å². The van der Waals surface area contributed by atoms with E-state index in [2.05, 4.69) is 6.58 Å². The van der Waals surface area contributed by atoms with Gasteiger partial charge in [-0.05, 0) is 55.5 Å². The SMILES string of the molecule is C=C(C)COc1ccc2occc2c1[C@H]1C[C@@H]1CN. The zero-order chi connectivity index (χ0) is 13.4. The minimum absolute atomic E-state index is 0.506. The van der Waals surface area contributed by atoms with E-state index in [1.165, 1.54) is 5.56 Å². The molecule has 2 N–H and O–H groups in total. The predicted octanol–water partition coefficient (Wildman–Crippen LogP) is 3.45. The van der Waals surface area contributed by atoms with Crippen LogP contribution < -0.4 is 10.5 Å². The number of nitrogens with two attached hydrogens (primary N) is 1. The molecule has 0 radical (unpaired) electrons. The van der Waals surface area contributed by atoms with Gasteiger partial charge in [-0.2, -0.15) is 0 Å². The molecule has 2 atom stereocenters. The number of fused-ring (bicyclic) bond motifs is 1. The molecule has 3 rings (SSSR count). The largest absolute Gasteiger partial charge is 0.489 e. The fourth-order valence-electron chi connectivity index (χ4n) is 2.62. The summed E-state index contributed by atoms with van der Waals surface area (Å²) < 4.78 is 11.4. The van der Waals surface area contributed by atoms with E-state index in [1.807, 2.05) is 25.1 Å². The second-order valence-electron chi connectivity index (χ2n) is 5.39. The molecule has 19 heavy (non-hydrogen) atoms. The van der Waals surface area contributed by atoms with Crippen LogP contribution in [0.25, 0.3) is 11.0 Å². The summed E-state index contributed by atoms with van der Waals surface area (Å²) in [4.78, 5) is 0. The maximum Gasteiger partial charge on any atom is 0.134 e. The zero-order valence-corrected chi connectivity index (χ0v) is 11.2. The number of benzene rings is 1. The first-order valence-electron chi connectivity index (χ1n) is 6.68. The summed E-state index contributed by atoms with van der Waals surface area (Å²) in [5, 5.41) is 1.15. The van der Waals surface area contributed by atoms with Crippen molar-refractivity contribution in [1.29, 1.82) is 0 Å². The highest BCUT2D eigenvalue weighted by atomic mass is 16.5. The summed E-state index contributed by atoms with van der Waals surface area (Å²) in [5.74, 6) is 2.02. The number of ether oxygens (including phenoxy) is 1. The van der Waals surface area contributed by atoms with Crippen molar-refractivity contribution < 1.29 is 9.15 Å². The first-order chi connectivity index (χ1) is 9.20. The Labute approximate surface area is 113 Å². The Balaban J connectivity index is 2.00. The van der Waals surface area contributed by atoms with Crippen molar-refractivity contribution in [1.82, 2.24) is 0 Å². The number of rotatable bonds is 5. The van der Waals surface area contributed by atoms with Crippen LogP contribution in [0.3, 0.4) is 0 Å². The van der Waals surface area contributed by atoms with Gasteiger partial charge in [0.15, 0.2) is 0 Å². The third-order valence-corrected chi connectivity index (χ3v) is 3.71. The molecule has 0 aliphatic heterocycles. The minimum atomic E-state index is 0.506. The Morgan fingerprint density at radius 2 is 2.32 bits per heavy atom. The van der Waals surface area contributed by atoms with Gasteiger partial charge in [-0.3, -0.25) is 0 Å². The summed E-state index contributed by atoms with van der Waals surface area (Å²) in [7, 11) is 0. The van der Waals surface area contributed by atoms with Crippen molar-refractivity contribution in [2.45, 2.75) is 19.3 Å². The average Bonchev–Trinajstić information content (AvgIpc) is 3.02. The van der Waals surface area contributed by atoms with Gasteiger partial charge in [-0.25, -0.2) is 0 Å². The molecule has 1 aromatic heterocycles. The molecule has 1 aliphatic rings. The lowest BCUT2D eigenvalue weighted by atomic mass is 10.0. The fraction of sp³-hybridized carbons (Fsp3) is 0.375. The van der Waals surface area contributed by atoms with Gasteiger partial charge in [0.05, 0.1) is 6.26 Å². The Hall–Kier alpha value is -1.74. The minimum Gasteiger partial charge on any atom is -0.489 e. The predicted molar refractivity (Wildman–Crippen MR) is 76.4 cm³/mol.